The van der Waals surface area contributed by atoms with Crippen LogP contribution in [0.4, 0.5) is 10.1 Å². The topological polar surface area (TPSA) is 61.9 Å². The monoisotopic (exact) mass is 411 g/mol. The molecule has 1 N–H and O–H groups in total. The molecule has 1 fully saturated rings. The average molecular weight is 411 g/mol. The predicted molar refractivity (Wildman–Crippen MR) is 115 cm³/mol. The highest BCUT2D eigenvalue weighted by atomic mass is 19.1. The summed E-state index contributed by atoms with van der Waals surface area (Å²) < 4.78 is 18.3. The van der Waals surface area contributed by atoms with Crippen LogP contribution in [0.25, 0.3) is 6.08 Å². The van der Waals surface area contributed by atoms with Gasteiger partial charge in [0, 0.05) is 43.5 Å². The van der Waals surface area contributed by atoms with Gasteiger partial charge in [-0.2, -0.15) is 0 Å². The molecule has 2 amide bonds. The lowest BCUT2D eigenvalue weighted by Crippen LogP contribution is -2.50. The van der Waals surface area contributed by atoms with Gasteiger partial charge >= 0.3 is 0 Å². The zero-order valence-corrected chi connectivity index (χ0v) is 17.2. The van der Waals surface area contributed by atoms with Crippen LogP contribution in [0, 0.1) is 12.7 Å². The Balaban J connectivity index is 1.48. The molecular weight excluding hydrogens is 385 g/mol. The van der Waals surface area contributed by atoms with Crippen LogP contribution in [-0.2, 0) is 9.59 Å². The number of amides is 2. The van der Waals surface area contributed by atoms with Crippen molar-refractivity contribution < 1.29 is 18.7 Å². The fourth-order valence-corrected chi connectivity index (χ4v) is 3.31. The van der Waals surface area contributed by atoms with Gasteiger partial charge in [0.1, 0.15) is 11.6 Å². The molecule has 0 radical (unpaired) electrons. The molecule has 30 heavy (non-hydrogen) atoms. The van der Waals surface area contributed by atoms with E-state index in [4.69, 9.17) is 4.74 Å². The van der Waals surface area contributed by atoms with Gasteiger partial charge < -0.3 is 15.0 Å². The minimum atomic E-state index is -0.344. The molecular formula is C23H26FN3O3. The second-order valence-corrected chi connectivity index (χ2v) is 7.24. The average Bonchev–Trinajstić information content (AvgIpc) is 2.74. The van der Waals surface area contributed by atoms with E-state index in [-0.39, 0.29) is 24.2 Å². The zero-order chi connectivity index (χ0) is 21.5. The van der Waals surface area contributed by atoms with Gasteiger partial charge in [-0.3, -0.25) is 14.5 Å². The van der Waals surface area contributed by atoms with Crippen molar-refractivity contribution in [3.05, 3.63) is 65.5 Å². The third-order valence-corrected chi connectivity index (χ3v) is 4.97. The molecule has 1 saturated heterocycles. The van der Waals surface area contributed by atoms with Gasteiger partial charge in [0.15, 0.2) is 0 Å². The van der Waals surface area contributed by atoms with Crippen molar-refractivity contribution in [3.63, 3.8) is 0 Å². The third kappa shape index (κ3) is 5.90. The van der Waals surface area contributed by atoms with E-state index in [9.17, 15) is 14.0 Å². The Morgan fingerprint density at radius 1 is 1.10 bits per heavy atom. The molecule has 1 heterocycles. The summed E-state index contributed by atoms with van der Waals surface area (Å²) in [6.45, 7) is 4.56. The number of aryl methyl sites for hydroxylation is 1. The summed E-state index contributed by atoms with van der Waals surface area (Å²) in [4.78, 5) is 28.5. The van der Waals surface area contributed by atoms with E-state index in [0.29, 0.717) is 31.9 Å². The molecule has 2 aromatic rings. The van der Waals surface area contributed by atoms with E-state index in [2.05, 4.69) is 5.32 Å². The van der Waals surface area contributed by atoms with Gasteiger partial charge in [-0.25, -0.2) is 4.39 Å². The molecule has 0 aliphatic carbocycles. The highest BCUT2D eigenvalue weighted by Gasteiger charge is 2.21. The molecule has 2 aromatic carbocycles. The number of nitrogens with one attached hydrogen (secondary N) is 1. The number of benzene rings is 2. The number of rotatable bonds is 6. The Morgan fingerprint density at radius 2 is 1.80 bits per heavy atom. The molecule has 0 spiro atoms. The molecule has 6 nitrogen and oxygen atoms in total. The van der Waals surface area contributed by atoms with Crippen molar-refractivity contribution in [3.8, 4) is 5.75 Å². The van der Waals surface area contributed by atoms with Gasteiger partial charge in [-0.15, -0.1) is 0 Å². The number of hydrogen-bond acceptors (Lipinski definition) is 4. The standard InChI is InChI=1S/C23H26FN3O3/c1-17-3-9-21(30-2)18(15-17)4-10-23(29)27-13-11-26(12-14-27)16-22(28)25-20-7-5-19(24)6-8-20/h3-10,15H,11-14,16H2,1-2H3,(H,25,28)/b10-4+. The molecule has 1 aliphatic rings. The highest BCUT2D eigenvalue weighted by molar-refractivity contribution is 5.93. The van der Waals surface area contributed by atoms with Gasteiger partial charge in [0.25, 0.3) is 0 Å². The van der Waals surface area contributed by atoms with Crippen LogP contribution in [0.3, 0.4) is 0 Å². The van der Waals surface area contributed by atoms with Crippen molar-refractivity contribution in [2.45, 2.75) is 6.92 Å². The summed E-state index contributed by atoms with van der Waals surface area (Å²) in [5.41, 5.74) is 2.52. The number of piperazine rings is 1. The Morgan fingerprint density at radius 3 is 2.47 bits per heavy atom. The largest absolute Gasteiger partial charge is 0.496 e. The van der Waals surface area contributed by atoms with Gasteiger partial charge in [-0.05, 0) is 49.4 Å². The molecule has 0 bridgehead atoms. The fourth-order valence-electron chi connectivity index (χ4n) is 3.31. The third-order valence-electron chi connectivity index (χ3n) is 4.97. The highest BCUT2D eigenvalue weighted by Crippen LogP contribution is 2.21. The molecule has 3 rings (SSSR count). The number of carbonyl (C=O) groups is 2. The summed E-state index contributed by atoms with van der Waals surface area (Å²) in [6.07, 6.45) is 3.34. The van der Waals surface area contributed by atoms with Crippen molar-refractivity contribution in [2.75, 3.05) is 45.2 Å². The van der Waals surface area contributed by atoms with E-state index >= 15 is 0 Å². The maximum absolute atomic E-state index is 12.9. The summed E-state index contributed by atoms with van der Waals surface area (Å²) in [7, 11) is 1.61. The van der Waals surface area contributed by atoms with E-state index in [0.717, 1.165) is 16.9 Å². The molecule has 158 valence electrons. The van der Waals surface area contributed by atoms with Crippen molar-refractivity contribution in [1.29, 1.82) is 0 Å². The summed E-state index contributed by atoms with van der Waals surface area (Å²) >= 11 is 0. The second kappa shape index (κ2) is 10.0. The number of halogens is 1. The number of ether oxygens (including phenoxy) is 1. The van der Waals surface area contributed by atoms with Crippen LogP contribution in [0.1, 0.15) is 11.1 Å². The summed E-state index contributed by atoms with van der Waals surface area (Å²) in [5.74, 6) is 0.159. The Bertz CT molecular complexity index is 920. The van der Waals surface area contributed by atoms with E-state index in [1.165, 1.54) is 24.3 Å². The SMILES string of the molecule is COc1ccc(C)cc1/C=C/C(=O)N1CCN(CC(=O)Nc2ccc(F)cc2)CC1. The van der Waals surface area contributed by atoms with Crippen molar-refractivity contribution in [1.82, 2.24) is 9.80 Å². The molecule has 0 unspecified atom stereocenters. The zero-order valence-electron chi connectivity index (χ0n) is 17.2. The van der Waals surface area contributed by atoms with Gasteiger partial charge in [0.05, 0.1) is 13.7 Å². The predicted octanol–water partition coefficient (Wildman–Crippen LogP) is 2.94. The smallest absolute Gasteiger partial charge is 0.246 e. The van der Waals surface area contributed by atoms with Crippen LogP contribution in [-0.4, -0.2) is 61.4 Å². The molecule has 0 saturated carbocycles. The van der Waals surface area contributed by atoms with Crippen molar-refractivity contribution in [2.24, 2.45) is 0 Å². The number of hydrogen-bond donors (Lipinski definition) is 1. The number of methoxy groups -OCH3 is 1. The maximum Gasteiger partial charge on any atom is 0.246 e. The van der Waals surface area contributed by atoms with Crippen LogP contribution in [0.2, 0.25) is 0 Å². The van der Waals surface area contributed by atoms with E-state index < -0.39 is 0 Å². The molecule has 0 atom stereocenters. The van der Waals surface area contributed by atoms with Gasteiger partial charge in [-0.1, -0.05) is 11.6 Å². The second-order valence-electron chi connectivity index (χ2n) is 7.24. The normalized spacial score (nSPS) is 14.7. The van der Waals surface area contributed by atoms with Gasteiger partial charge in [0.2, 0.25) is 11.8 Å². The Labute approximate surface area is 175 Å². The van der Waals surface area contributed by atoms with Crippen LogP contribution >= 0.6 is 0 Å². The number of nitrogens with zero attached hydrogens (tertiary/aromatic N) is 2. The van der Waals surface area contributed by atoms with Crippen LogP contribution in [0.15, 0.2) is 48.5 Å². The Kier molecular flexibility index (Phi) is 7.19. The summed E-state index contributed by atoms with van der Waals surface area (Å²) in [6, 6.07) is 11.5. The molecule has 1 aliphatic heterocycles. The first-order valence-electron chi connectivity index (χ1n) is 9.84. The lowest BCUT2D eigenvalue weighted by molar-refractivity contribution is -0.127. The fraction of sp³-hybridized carbons (Fsp3) is 0.304. The van der Waals surface area contributed by atoms with E-state index in [1.54, 1.807) is 24.2 Å². The lowest BCUT2D eigenvalue weighted by Gasteiger charge is -2.33. The maximum atomic E-state index is 12.9. The first kappa shape index (κ1) is 21.5. The first-order valence-corrected chi connectivity index (χ1v) is 9.84. The Hall–Kier alpha value is -3.19. The molecule has 7 heteroatoms. The quantitative estimate of drug-likeness (QED) is 0.743. The number of carbonyl (C=O) groups excluding carboxylic acids is 2. The minimum absolute atomic E-state index is 0.0611. The van der Waals surface area contributed by atoms with Crippen LogP contribution < -0.4 is 10.1 Å². The number of anilines is 1. The summed E-state index contributed by atoms with van der Waals surface area (Å²) in [5, 5.41) is 2.75. The molecule has 0 aromatic heterocycles. The van der Waals surface area contributed by atoms with E-state index in [1.807, 2.05) is 30.0 Å². The lowest BCUT2D eigenvalue weighted by atomic mass is 10.1. The van der Waals surface area contributed by atoms with Crippen molar-refractivity contribution >= 4 is 23.6 Å². The first-order chi connectivity index (χ1) is 14.4. The minimum Gasteiger partial charge on any atom is -0.496 e. The van der Waals surface area contributed by atoms with Crippen LogP contribution in [0.5, 0.6) is 5.75 Å².